The van der Waals surface area contributed by atoms with Crippen LogP contribution in [0.3, 0.4) is 0 Å². The van der Waals surface area contributed by atoms with Crippen LogP contribution in [0, 0.1) is 0 Å². The average Bonchev–Trinajstić information content (AvgIpc) is 1.85. The molecule has 0 fully saturated rings. The summed E-state index contributed by atoms with van der Waals surface area (Å²) in [6.07, 6.45) is 2.87. The smallest absolute Gasteiger partial charge is 1.00 e. The molecule has 0 spiro atoms. The van der Waals surface area contributed by atoms with Crippen LogP contribution < -0.4 is 0 Å². The summed E-state index contributed by atoms with van der Waals surface area (Å²) < 4.78 is 0. The number of hydrogen-bond donors (Lipinski definition) is 2. The van der Waals surface area contributed by atoms with E-state index >= 15 is 0 Å². The molecule has 0 aromatic rings. The molecule has 0 amide bonds. The SMILES string of the molecule is C=CC.O=C(O)/C=C\C(=O)O.[Ca+2].[H-].[H-]. The summed E-state index contributed by atoms with van der Waals surface area (Å²) in [5.74, 6) is -2.51. The van der Waals surface area contributed by atoms with E-state index in [9.17, 15) is 9.59 Å². The first kappa shape index (κ1) is 17.7. The first-order valence-corrected chi connectivity index (χ1v) is 2.75. The van der Waals surface area contributed by atoms with Crippen LogP contribution in [0.15, 0.2) is 24.8 Å². The molecule has 66 valence electrons. The molecule has 0 unspecified atom stereocenters. The molecule has 0 aromatic carbocycles. The van der Waals surface area contributed by atoms with E-state index in [1.54, 1.807) is 6.08 Å². The number of carboxylic acid groups (broad SMARTS) is 2. The zero-order chi connectivity index (χ0) is 9.28. The summed E-state index contributed by atoms with van der Waals surface area (Å²) in [5.41, 5.74) is 0. The number of carbonyl (C=O) groups is 2. The molecule has 0 aliphatic heterocycles. The molecule has 0 aliphatic carbocycles. The summed E-state index contributed by atoms with van der Waals surface area (Å²) >= 11 is 0. The van der Waals surface area contributed by atoms with Gasteiger partial charge in [-0.1, -0.05) is 6.08 Å². The minimum Gasteiger partial charge on any atom is -1.00 e. The van der Waals surface area contributed by atoms with Crippen LogP contribution in [0.25, 0.3) is 0 Å². The molecule has 5 heteroatoms. The molecule has 0 aromatic heterocycles. The van der Waals surface area contributed by atoms with Gasteiger partial charge in [-0.15, -0.1) is 6.58 Å². The van der Waals surface area contributed by atoms with Crippen molar-refractivity contribution in [2.75, 3.05) is 0 Å². The van der Waals surface area contributed by atoms with E-state index < -0.39 is 11.9 Å². The largest absolute Gasteiger partial charge is 2.00 e. The zero-order valence-electron chi connectivity index (χ0n) is 8.86. The van der Waals surface area contributed by atoms with Gasteiger partial charge in [0, 0.05) is 12.2 Å². The normalized spacial score (nSPS) is 7.42. The summed E-state index contributed by atoms with van der Waals surface area (Å²) in [4.78, 5) is 19.1. The van der Waals surface area contributed by atoms with Crippen LogP contribution in [0.5, 0.6) is 0 Å². The van der Waals surface area contributed by atoms with E-state index in [2.05, 4.69) is 6.58 Å². The third-order valence-electron chi connectivity index (χ3n) is 0.368. The van der Waals surface area contributed by atoms with Gasteiger partial charge in [0.25, 0.3) is 0 Å². The van der Waals surface area contributed by atoms with Crippen LogP contribution in [-0.2, 0) is 9.59 Å². The van der Waals surface area contributed by atoms with Crippen molar-refractivity contribution in [2.45, 2.75) is 6.92 Å². The Morgan fingerprint density at radius 3 is 1.50 bits per heavy atom. The molecule has 0 bridgehead atoms. The molecule has 0 atom stereocenters. The van der Waals surface area contributed by atoms with Gasteiger partial charge in [0.2, 0.25) is 0 Å². The Morgan fingerprint density at radius 1 is 1.25 bits per heavy atom. The molecule has 0 radical (unpaired) electrons. The number of allylic oxidation sites excluding steroid dienone is 1. The van der Waals surface area contributed by atoms with Crippen molar-refractivity contribution < 1.29 is 22.7 Å². The molecule has 4 nitrogen and oxygen atoms in total. The second-order valence-corrected chi connectivity index (χ2v) is 1.42. The fraction of sp³-hybridized carbons (Fsp3) is 0.143. The topological polar surface area (TPSA) is 74.6 Å². The van der Waals surface area contributed by atoms with Crippen LogP contribution >= 0.6 is 0 Å². The minimum absolute atomic E-state index is 0. The number of aliphatic carboxylic acids is 2. The predicted octanol–water partition coefficient (Wildman–Crippen LogP) is 0.748. The zero-order valence-corrected chi connectivity index (χ0v) is 9.07. The van der Waals surface area contributed by atoms with Crippen LogP contribution in [-0.4, -0.2) is 59.9 Å². The Balaban J connectivity index is -0.0000000405. The van der Waals surface area contributed by atoms with Crippen molar-refractivity contribution in [1.82, 2.24) is 0 Å². The van der Waals surface area contributed by atoms with Crippen LogP contribution in [0.1, 0.15) is 9.78 Å². The third-order valence-corrected chi connectivity index (χ3v) is 0.368. The Morgan fingerprint density at radius 2 is 1.42 bits per heavy atom. The molecular weight excluding hydrogens is 188 g/mol. The summed E-state index contributed by atoms with van der Waals surface area (Å²) in [5, 5.41) is 15.6. The van der Waals surface area contributed by atoms with Gasteiger partial charge in [0.15, 0.2) is 0 Å². The van der Waals surface area contributed by atoms with Gasteiger partial charge in [0.05, 0.1) is 0 Å². The summed E-state index contributed by atoms with van der Waals surface area (Å²) in [6, 6.07) is 0. The fourth-order valence-corrected chi connectivity index (χ4v) is 0.143. The van der Waals surface area contributed by atoms with Crippen LogP contribution in [0.4, 0.5) is 0 Å². The van der Waals surface area contributed by atoms with Gasteiger partial charge in [-0.3, -0.25) is 0 Å². The number of hydrogen-bond acceptors (Lipinski definition) is 2. The van der Waals surface area contributed by atoms with Gasteiger partial charge in [-0.05, 0) is 6.92 Å². The second-order valence-electron chi connectivity index (χ2n) is 1.42. The van der Waals surface area contributed by atoms with E-state index in [1.165, 1.54) is 0 Å². The number of rotatable bonds is 2. The second kappa shape index (κ2) is 13.3. The van der Waals surface area contributed by atoms with Crippen molar-refractivity contribution in [3.8, 4) is 0 Å². The quantitative estimate of drug-likeness (QED) is 0.392. The molecule has 0 saturated carbocycles. The van der Waals surface area contributed by atoms with Crippen molar-refractivity contribution in [3.63, 3.8) is 0 Å². The van der Waals surface area contributed by atoms with E-state index in [1.807, 2.05) is 6.92 Å². The molecule has 2 N–H and O–H groups in total. The van der Waals surface area contributed by atoms with Crippen molar-refractivity contribution in [2.24, 2.45) is 0 Å². The van der Waals surface area contributed by atoms with E-state index in [4.69, 9.17) is 10.2 Å². The third kappa shape index (κ3) is 33.3. The van der Waals surface area contributed by atoms with Crippen LogP contribution in [0.2, 0.25) is 0 Å². The van der Waals surface area contributed by atoms with Crippen molar-refractivity contribution in [1.29, 1.82) is 0 Å². The van der Waals surface area contributed by atoms with E-state index in [0.717, 1.165) is 0 Å². The maximum Gasteiger partial charge on any atom is 2.00 e. The summed E-state index contributed by atoms with van der Waals surface area (Å²) in [7, 11) is 0. The van der Waals surface area contributed by atoms with Crippen molar-refractivity contribution in [3.05, 3.63) is 24.8 Å². The molecule has 0 heterocycles. The molecular formula is C7H12CaO4. The first-order chi connectivity index (χ1) is 5.04. The minimum atomic E-state index is -1.26. The Bertz CT molecular complexity index is 167. The Labute approximate surface area is 104 Å². The standard InChI is InChI=1S/C4H4O4.C3H6.Ca.2H/c5-3(6)1-2-4(7)8;1-3-2;;;/h1-2H,(H,5,6)(H,7,8);3H,1H2,2H3;;;/q;;+2;2*-1/b2-1-;;;;. The van der Waals surface area contributed by atoms with Gasteiger partial charge >= 0.3 is 49.7 Å². The average molecular weight is 200 g/mol. The van der Waals surface area contributed by atoms with E-state index in [-0.39, 0.29) is 40.6 Å². The van der Waals surface area contributed by atoms with Gasteiger partial charge < -0.3 is 13.1 Å². The number of carboxylic acids is 2. The molecule has 0 aliphatic rings. The van der Waals surface area contributed by atoms with Crippen molar-refractivity contribution >= 4 is 49.7 Å². The molecule has 0 rings (SSSR count). The maximum absolute atomic E-state index is 9.55. The molecule has 12 heavy (non-hydrogen) atoms. The predicted molar refractivity (Wildman–Crippen MR) is 48.3 cm³/mol. The van der Waals surface area contributed by atoms with Gasteiger partial charge in [0.1, 0.15) is 0 Å². The first-order valence-electron chi connectivity index (χ1n) is 2.75. The fourth-order valence-electron chi connectivity index (χ4n) is 0.143. The van der Waals surface area contributed by atoms with Gasteiger partial charge in [-0.25, -0.2) is 9.59 Å². The van der Waals surface area contributed by atoms with E-state index in [0.29, 0.717) is 12.2 Å². The molecule has 0 saturated heterocycles. The van der Waals surface area contributed by atoms with Gasteiger partial charge in [-0.2, -0.15) is 0 Å². The monoisotopic (exact) mass is 200 g/mol. The summed E-state index contributed by atoms with van der Waals surface area (Å²) in [6.45, 7) is 5.25. The Hall–Kier alpha value is -0.320. The maximum atomic E-state index is 9.55. The Kier molecular flexibility index (Phi) is 19.6.